The summed E-state index contributed by atoms with van der Waals surface area (Å²) in [6, 6.07) is 13.2. The van der Waals surface area contributed by atoms with Crippen LogP contribution in [0.5, 0.6) is 11.5 Å². The minimum absolute atomic E-state index is 0.00621. The van der Waals surface area contributed by atoms with Crippen LogP contribution in [0.25, 0.3) is 0 Å². The number of halogens is 3. The molecule has 10 heteroatoms. The van der Waals surface area contributed by atoms with Gasteiger partial charge in [0.2, 0.25) is 0 Å². The van der Waals surface area contributed by atoms with Crippen molar-refractivity contribution in [3.05, 3.63) is 72.8 Å². The maximum Gasteiger partial charge on any atom is 0.573 e. The first kappa shape index (κ1) is 22.5. The van der Waals surface area contributed by atoms with E-state index in [0.717, 1.165) is 37.2 Å². The SMILES string of the molecule is O=C(NCc1ccc(N2CCC(Oc3ccc(OC(F)(F)F)cc3)CC2)cc1)n1ccnc1. The summed E-state index contributed by atoms with van der Waals surface area (Å²) in [5, 5.41) is 2.83. The van der Waals surface area contributed by atoms with Crippen LogP contribution >= 0.6 is 0 Å². The van der Waals surface area contributed by atoms with E-state index in [1.807, 2.05) is 24.3 Å². The van der Waals surface area contributed by atoms with Gasteiger partial charge in [0, 0.05) is 50.6 Å². The highest BCUT2D eigenvalue weighted by Gasteiger charge is 2.31. The van der Waals surface area contributed by atoms with E-state index in [4.69, 9.17) is 4.74 Å². The molecule has 0 saturated carbocycles. The lowest BCUT2D eigenvalue weighted by molar-refractivity contribution is -0.274. The number of imidazole rings is 1. The quantitative estimate of drug-likeness (QED) is 0.583. The number of piperidine rings is 1. The van der Waals surface area contributed by atoms with E-state index in [9.17, 15) is 18.0 Å². The van der Waals surface area contributed by atoms with Crippen LogP contribution in [0.4, 0.5) is 23.7 Å². The van der Waals surface area contributed by atoms with Gasteiger partial charge in [-0.25, -0.2) is 9.78 Å². The van der Waals surface area contributed by atoms with Gasteiger partial charge >= 0.3 is 12.4 Å². The van der Waals surface area contributed by atoms with Crippen molar-refractivity contribution in [1.29, 1.82) is 0 Å². The molecule has 1 amide bonds. The van der Waals surface area contributed by atoms with Crippen molar-refractivity contribution in [3.63, 3.8) is 0 Å². The van der Waals surface area contributed by atoms with Gasteiger partial charge in [0.25, 0.3) is 0 Å². The average molecular weight is 460 g/mol. The molecular formula is C23H23F3N4O3. The molecule has 174 valence electrons. The average Bonchev–Trinajstić information content (AvgIpc) is 3.34. The molecule has 1 aliphatic heterocycles. The van der Waals surface area contributed by atoms with Crippen LogP contribution in [0.1, 0.15) is 18.4 Å². The van der Waals surface area contributed by atoms with Crippen LogP contribution < -0.4 is 19.7 Å². The first-order chi connectivity index (χ1) is 15.9. The largest absolute Gasteiger partial charge is 0.573 e. The highest BCUT2D eigenvalue weighted by Crippen LogP contribution is 2.27. The van der Waals surface area contributed by atoms with Crippen molar-refractivity contribution in [2.24, 2.45) is 0 Å². The lowest BCUT2D eigenvalue weighted by Gasteiger charge is -2.33. The molecule has 1 N–H and O–H groups in total. The number of nitrogens with zero attached hydrogens (tertiary/aromatic N) is 3. The lowest BCUT2D eigenvalue weighted by atomic mass is 10.1. The fraction of sp³-hybridized carbons (Fsp3) is 0.304. The molecule has 1 saturated heterocycles. The van der Waals surface area contributed by atoms with E-state index in [0.29, 0.717) is 12.3 Å². The Morgan fingerprint density at radius 2 is 1.70 bits per heavy atom. The fourth-order valence-electron chi connectivity index (χ4n) is 3.62. The standard InChI is InChI=1S/C23H23F3N4O3/c24-23(25,26)33-21-7-5-19(6-8-21)32-20-9-12-29(13-10-20)18-3-1-17(2-4-18)15-28-22(31)30-14-11-27-16-30/h1-8,11,14,16,20H,9-10,12-13,15H2,(H,28,31). The molecular weight excluding hydrogens is 437 g/mol. The number of carbonyl (C=O) groups is 1. The highest BCUT2D eigenvalue weighted by molar-refractivity contribution is 5.76. The molecule has 2 heterocycles. The third-order valence-corrected chi connectivity index (χ3v) is 5.29. The highest BCUT2D eigenvalue weighted by atomic mass is 19.4. The van der Waals surface area contributed by atoms with Gasteiger partial charge in [0.15, 0.2) is 0 Å². The number of amides is 1. The van der Waals surface area contributed by atoms with E-state index in [-0.39, 0.29) is 17.9 Å². The lowest BCUT2D eigenvalue weighted by Crippen LogP contribution is -2.38. The molecule has 0 aliphatic carbocycles. The number of anilines is 1. The van der Waals surface area contributed by atoms with Crippen LogP contribution in [0, 0.1) is 0 Å². The van der Waals surface area contributed by atoms with Crippen LogP contribution in [-0.2, 0) is 6.54 Å². The number of nitrogens with one attached hydrogen (secondary N) is 1. The number of carbonyl (C=O) groups excluding carboxylic acids is 1. The molecule has 7 nitrogen and oxygen atoms in total. The normalized spacial score (nSPS) is 14.7. The molecule has 3 aromatic rings. The number of aromatic nitrogens is 2. The van der Waals surface area contributed by atoms with Gasteiger partial charge in [0.1, 0.15) is 23.9 Å². The smallest absolute Gasteiger partial charge is 0.490 e. The maximum absolute atomic E-state index is 12.3. The third kappa shape index (κ3) is 6.41. The monoisotopic (exact) mass is 460 g/mol. The third-order valence-electron chi connectivity index (χ3n) is 5.29. The molecule has 0 bridgehead atoms. The summed E-state index contributed by atoms with van der Waals surface area (Å²) >= 11 is 0. The minimum Gasteiger partial charge on any atom is -0.490 e. The zero-order valence-electron chi connectivity index (χ0n) is 17.7. The molecule has 0 radical (unpaired) electrons. The Morgan fingerprint density at radius 1 is 1.03 bits per heavy atom. The Morgan fingerprint density at radius 3 is 2.30 bits per heavy atom. The minimum atomic E-state index is -4.71. The summed E-state index contributed by atoms with van der Waals surface area (Å²) in [5.41, 5.74) is 2.08. The van der Waals surface area contributed by atoms with Gasteiger partial charge in [-0.2, -0.15) is 0 Å². The molecule has 0 atom stereocenters. The maximum atomic E-state index is 12.3. The van der Waals surface area contributed by atoms with Gasteiger partial charge in [-0.3, -0.25) is 4.57 Å². The van der Waals surface area contributed by atoms with E-state index < -0.39 is 6.36 Å². The van der Waals surface area contributed by atoms with Crippen molar-refractivity contribution >= 4 is 11.7 Å². The number of hydrogen-bond acceptors (Lipinski definition) is 5. The predicted molar refractivity (Wildman–Crippen MR) is 115 cm³/mol. The molecule has 1 aromatic heterocycles. The van der Waals surface area contributed by atoms with Crippen LogP contribution in [0.3, 0.4) is 0 Å². The second-order valence-electron chi connectivity index (χ2n) is 7.62. The summed E-state index contributed by atoms with van der Waals surface area (Å²) < 4.78 is 48.0. The van der Waals surface area contributed by atoms with Crippen molar-refractivity contribution in [2.75, 3.05) is 18.0 Å². The van der Waals surface area contributed by atoms with Gasteiger partial charge in [-0.15, -0.1) is 13.2 Å². The molecule has 2 aromatic carbocycles. The first-order valence-electron chi connectivity index (χ1n) is 10.5. The summed E-state index contributed by atoms with van der Waals surface area (Å²) in [5.74, 6) is 0.250. The second-order valence-corrected chi connectivity index (χ2v) is 7.62. The van der Waals surface area contributed by atoms with Crippen molar-refractivity contribution in [2.45, 2.75) is 31.9 Å². The van der Waals surface area contributed by atoms with E-state index in [1.165, 1.54) is 35.2 Å². The van der Waals surface area contributed by atoms with E-state index >= 15 is 0 Å². The number of rotatable bonds is 6. The number of alkyl halides is 3. The zero-order valence-corrected chi connectivity index (χ0v) is 17.7. The van der Waals surface area contributed by atoms with Crippen LogP contribution in [0.15, 0.2) is 67.3 Å². The first-order valence-corrected chi connectivity index (χ1v) is 10.5. The fourth-order valence-corrected chi connectivity index (χ4v) is 3.62. The summed E-state index contributed by atoms with van der Waals surface area (Å²) in [6.45, 7) is 2.02. The zero-order chi connectivity index (χ0) is 23.3. The van der Waals surface area contributed by atoms with Gasteiger partial charge in [-0.05, 0) is 42.0 Å². The van der Waals surface area contributed by atoms with Crippen molar-refractivity contribution in [1.82, 2.24) is 14.9 Å². The van der Waals surface area contributed by atoms with Gasteiger partial charge in [0.05, 0.1) is 0 Å². The number of ether oxygens (including phenoxy) is 2. The summed E-state index contributed by atoms with van der Waals surface area (Å²) in [4.78, 5) is 18.1. The van der Waals surface area contributed by atoms with Crippen molar-refractivity contribution < 1.29 is 27.4 Å². The Hall–Kier alpha value is -3.69. The molecule has 4 rings (SSSR count). The predicted octanol–water partition coefficient (Wildman–Crippen LogP) is 4.59. The molecule has 33 heavy (non-hydrogen) atoms. The topological polar surface area (TPSA) is 68.6 Å². The molecule has 1 aliphatic rings. The molecule has 0 unspecified atom stereocenters. The van der Waals surface area contributed by atoms with Crippen LogP contribution in [0.2, 0.25) is 0 Å². The van der Waals surface area contributed by atoms with Crippen LogP contribution in [-0.4, -0.2) is 41.1 Å². The number of hydrogen-bond donors (Lipinski definition) is 1. The van der Waals surface area contributed by atoms with Crippen molar-refractivity contribution in [3.8, 4) is 11.5 Å². The Balaban J connectivity index is 1.23. The number of benzene rings is 2. The second kappa shape index (κ2) is 9.85. The Labute approximate surface area is 188 Å². The summed E-state index contributed by atoms with van der Waals surface area (Å²) in [6.07, 6.45) is 1.46. The van der Waals surface area contributed by atoms with E-state index in [2.05, 4.69) is 19.9 Å². The van der Waals surface area contributed by atoms with E-state index in [1.54, 1.807) is 12.4 Å². The molecule has 0 spiro atoms. The van der Waals surface area contributed by atoms with Gasteiger partial charge < -0.3 is 19.7 Å². The summed E-state index contributed by atoms with van der Waals surface area (Å²) in [7, 11) is 0. The van der Waals surface area contributed by atoms with Gasteiger partial charge in [-0.1, -0.05) is 12.1 Å². The Kier molecular flexibility index (Phi) is 6.71. The molecule has 1 fully saturated rings. The Bertz CT molecular complexity index is 1030.